The van der Waals surface area contributed by atoms with Gasteiger partial charge in [0.15, 0.2) is 0 Å². The van der Waals surface area contributed by atoms with Gasteiger partial charge in [0.25, 0.3) is 11.8 Å². The number of aryl methyl sites for hydroxylation is 1. The number of thiazole rings is 1. The summed E-state index contributed by atoms with van der Waals surface area (Å²) in [5, 5.41) is 18.4. The van der Waals surface area contributed by atoms with Crippen LogP contribution >= 0.6 is 11.3 Å². The molecule has 78 heavy (non-hydrogen) atoms. The van der Waals surface area contributed by atoms with E-state index >= 15 is 0 Å². The molecule has 4 N–H and O–H groups in total. The Hall–Kier alpha value is -6.07. The fourth-order valence-electron chi connectivity index (χ4n) is 10.2. The molecule has 2 aromatic heterocycles. The average molecular weight is 1100 g/mol. The first-order valence-corrected chi connectivity index (χ1v) is 27.7. The van der Waals surface area contributed by atoms with Gasteiger partial charge < -0.3 is 39.4 Å². The van der Waals surface area contributed by atoms with Gasteiger partial charge in [-0.1, -0.05) is 63.2 Å². The van der Waals surface area contributed by atoms with Crippen LogP contribution in [0.4, 0.5) is 19.1 Å². The molecule has 2 aliphatic heterocycles. The van der Waals surface area contributed by atoms with Crippen LogP contribution in [0.15, 0.2) is 84.0 Å². The number of imidazole rings is 1. The molecule has 5 aromatic rings. The summed E-state index contributed by atoms with van der Waals surface area (Å²) >= 11 is 1.58. The number of amides is 4. The molecular weight excluding hydrogens is 1030 g/mol. The number of ether oxygens (including phenoxy) is 3. The lowest BCUT2D eigenvalue weighted by Gasteiger charge is -2.34. The van der Waals surface area contributed by atoms with E-state index in [-0.39, 0.29) is 61.5 Å². The number of nitrogens with one attached hydrogen (secondary N) is 3. The topological polar surface area (TPSA) is 193 Å². The molecule has 0 spiro atoms. The standard InChI is InChI=1S/C57H72F3N9O8S/c1-38-50(78-37-62-38)42-15-10-39(11-16-42)33-61-53(73)48-9-6-20-68(48)54(74)51(56(2,3)4)64-49(71)36-77-30-29-76-28-27-75-26-25-66-21-23-67(24-22-66)34-41-14-19-47-46(31-41)63-55(69(47)45-17-12-40(35-70)13-18-45)65-52(72)43-7-5-8-44(32-43)57(58,59)60/h5,7-11,14-16,19,31-32,37,40,45,51,70H,6,12-13,17-18,20-30,33-36H2,1-4H3,(H,61,73)(H,64,71)(H,63,65,72)/t40?,45?,51-/m1/s1. The minimum absolute atomic E-state index is 0.00499. The minimum Gasteiger partial charge on any atom is -0.396 e. The van der Waals surface area contributed by atoms with Crippen LogP contribution in [-0.2, 0) is 47.9 Å². The molecule has 3 aliphatic rings. The quantitative estimate of drug-likeness (QED) is 0.0470. The summed E-state index contributed by atoms with van der Waals surface area (Å²) < 4.78 is 59.5. The van der Waals surface area contributed by atoms with E-state index in [9.17, 15) is 37.5 Å². The lowest BCUT2D eigenvalue weighted by molar-refractivity contribution is -0.140. The van der Waals surface area contributed by atoms with E-state index in [0.29, 0.717) is 57.3 Å². The number of alkyl halides is 3. The van der Waals surface area contributed by atoms with E-state index in [4.69, 9.17) is 19.2 Å². The second kappa shape index (κ2) is 26.7. The van der Waals surface area contributed by atoms with Crippen molar-refractivity contribution < 1.29 is 51.7 Å². The van der Waals surface area contributed by atoms with Crippen LogP contribution in [0.2, 0.25) is 0 Å². The molecule has 1 atom stereocenters. The Morgan fingerprint density at radius 1 is 0.821 bits per heavy atom. The fourth-order valence-corrected chi connectivity index (χ4v) is 11.0. The number of fused-ring (bicyclic) bond motifs is 1. The Kier molecular flexibility index (Phi) is 19.9. The number of benzene rings is 3. The average Bonchev–Trinajstić information content (AvgIpc) is 4.21. The molecule has 21 heteroatoms. The maximum Gasteiger partial charge on any atom is 0.416 e. The molecule has 1 saturated carbocycles. The van der Waals surface area contributed by atoms with Gasteiger partial charge in [0.2, 0.25) is 17.8 Å². The van der Waals surface area contributed by atoms with Crippen LogP contribution in [0, 0.1) is 18.3 Å². The van der Waals surface area contributed by atoms with Gasteiger partial charge >= 0.3 is 6.18 Å². The molecule has 2 fully saturated rings. The molecule has 4 amide bonds. The Balaban J connectivity index is 0.704. The molecule has 1 aliphatic carbocycles. The first-order valence-electron chi connectivity index (χ1n) is 26.8. The summed E-state index contributed by atoms with van der Waals surface area (Å²) in [7, 11) is 0. The number of rotatable bonds is 23. The normalized spacial score (nSPS) is 18.0. The molecule has 4 heterocycles. The summed E-state index contributed by atoms with van der Waals surface area (Å²) in [5.41, 5.74) is 5.98. The lowest BCUT2D eigenvalue weighted by Crippen LogP contribution is -2.55. The highest BCUT2D eigenvalue weighted by molar-refractivity contribution is 7.13. The van der Waals surface area contributed by atoms with Gasteiger partial charge in [-0.25, -0.2) is 9.97 Å². The van der Waals surface area contributed by atoms with Gasteiger partial charge in [0, 0.05) is 70.6 Å². The van der Waals surface area contributed by atoms with Crippen LogP contribution in [0.1, 0.15) is 91.7 Å². The molecule has 420 valence electrons. The van der Waals surface area contributed by atoms with E-state index in [1.807, 2.05) is 74.2 Å². The van der Waals surface area contributed by atoms with Crippen molar-refractivity contribution in [1.82, 2.24) is 39.9 Å². The summed E-state index contributed by atoms with van der Waals surface area (Å²) in [6.07, 6.45) is 0.883. The highest BCUT2D eigenvalue weighted by atomic mass is 32.1. The van der Waals surface area contributed by atoms with E-state index in [2.05, 4.69) is 36.8 Å². The second-order valence-corrected chi connectivity index (χ2v) is 22.1. The van der Waals surface area contributed by atoms with Gasteiger partial charge in [0.1, 0.15) is 18.3 Å². The number of aliphatic hydroxyl groups excluding tert-OH is 1. The fraction of sp³-hybridized carbons (Fsp3) is 0.509. The molecular formula is C57H72F3N9O8S. The number of aliphatic hydroxyl groups is 1. The summed E-state index contributed by atoms with van der Waals surface area (Å²) in [6, 6.07) is 17.5. The van der Waals surface area contributed by atoms with E-state index < -0.39 is 35.0 Å². The van der Waals surface area contributed by atoms with Crippen LogP contribution in [-0.4, -0.2) is 150 Å². The molecule has 0 radical (unpaired) electrons. The number of nitrogens with zero attached hydrogens (tertiary/aromatic N) is 6. The number of hydrogen-bond donors (Lipinski definition) is 4. The Bertz CT molecular complexity index is 2870. The monoisotopic (exact) mass is 1100 g/mol. The number of halogens is 3. The predicted molar refractivity (Wildman–Crippen MR) is 291 cm³/mol. The van der Waals surface area contributed by atoms with Gasteiger partial charge in [0.05, 0.1) is 65.7 Å². The van der Waals surface area contributed by atoms with Crippen LogP contribution in [0.3, 0.4) is 0 Å². The van der Waals surface area contributed by atoms with Crippen LogP contribution in [0.5, 0.6) is 0 Å². The third kappa shape index (κ3) is 15.4. The van der Waals surface area contributed by atoms with E-state index in [1.165, 1.54) is 17.0 Å². The first-order chi connectivity index (χ1) is 37.4. The smallest absolute Gasteiger partial charge is 0.396 e. The summed E-state index contributed by atoms with van der Waals surface area (Å²) in [6.45, 7) is 14.7. The third-order valence-electron chi connectivity index (χ3n) is 14.6. The Morgan fingerprint density at radius 2 is 1.51 bits per heavy atom. The molecule has 8 rings (SSSR count). The Labute approximate surface area is 457 Å². The zero-order valence-corrected chi connectivity index (χ0v) is 45.7. The van der Waals surface area contributed by atoms with Crippen molar-refractivity contribution >= 4 is 51.9 Å². The molecule has 1 saturated heterocycles. The number of hydrogen-bond acceptors (Lipinski definition) is 13. The third-order valence-corrected chi connectivity index (χ3v) is 15.6. The predicted octanol–water partition coefficient (Wildman–Crippen LogP) is 7.59. The van der Waals surface area contributed by atoms with Crippen molar-refractivity contribution in [3.63, 3.8) is 0 Å². The molecule has 0 bridgehead atoms. The summed E-state index contributed by atoms with van der Waals surface area (Å²) in [5.74, 6) is -1.33. The zero-order valence-electron chi connectivity index (χ0n) is 44.9. The van der Waals surface area contributed by atoms with Crippen LogP contribution in [0.25, 0.3) is 21.5 Å². The molecule has 17 nitrogen and oxygen atoms in total. The van der Waals surface area contributed by atoms with Crippen molar-refractivity contribution in [1.29, 1.82) is 0 Å². The van der Waals surface area contributed by atoms with Gasteiger partial charge in [-0.3, -0.25) is 34.3 Å². The largest absolute Gasteiger partial charge is 0.416 e. The van der Waals surface area contributed by atoms with Crippen molar-refractivity contribution in [2.75, 3.05) is 90.8 Å². The van der Waals surface area contributed by atoms with Gasteiger partial charge in [-0.05, 0) is 97.4 Å². The second-order valence-electron chi connectivity index (χ2n) is 21.3. The van der Waals surface area contributed by atoms with Crippen molar-refractivity contribution in [3.8, 4) is 10.4 Å². The van der Waals surface area contributed by atoms with Gasteiger partial charge in [-0.15, -0.1) is 11.3 Å². The van der Waals surface area contributed by atoms with Crippen molar-refractivity contribution in [2.24, 2.45) is 11.3 Å². The number of aromatic nitrogens is 3. The SMILES string of the molecule is Cc1ncsc1-c1ccc(CNC(=O)C2=CCCN2C(=O)[C@@H](NC(=O)COCCOCCOCCN2CCN(Cc3ccc4c(c3)nc(NC(=O)c3cccc(C(F)(F)F)c3)n4C3CCC(CO)CC3)CC2)C(C)(C)C)cc1. The molecule has 0 unspecified atom stereocenters. The maximum absolute atomic E-state index is 13.9. The Morgan fingerprint density at radius 3 is 2.19 bits per heavy atom. The highest BCUT2D eigenvalue weighted by Gasteiger charge is 2.39. The number of carbonyl (C=O) groups excluding carboxylic acids is 4. The lowest BCUT2D eigenvalue weighted by atomic mass is 9.85. The number of anilines is 1. The van der Waals surface area contributed by atoms with E-state index in [0.717, 1.165) is 103 Å². The highest BCUT2D eigenvalue weighted by Crippen LogP contribution is 2.38. The van der Waals surface area contributed by atoms with Gasteiger partial charge in [-0.2, -0.15) is 13.2 Å². The minimum atomic E-state index is -4.58. The number of piperazine rings is 1. The molecule has 3 aromatic carbocycles. The first kappa shape index (κ1) is 58.1. The zero-order chi connectivity index (χ0) is 55.4. The summed E-state index contributed by atoms with van der Waals surface area (Å²) in [4.78, 5) is 70.1. The van der Waals surface area contributed by atoms with E-state index in [1.54, 1.807) is 17.4 Å². The van der Waals surface area contributed by atoms with Crippen molar-refractivity contribution in [3.05, 3.63) is 112 Å². The maximum atomic E-state index is 13.9. The van der Waals surface area contributed by atoms with Crippen LogP contribution < -0.4 is 16.0 Å². The van der Waals surface area contributed by atoms with Crippen molar-refractivity contribution in [2.45, 2.75) is 91.1 Å². The number of carbonyl (C=O) groups is 4.